The van der Waals surface area contributed by atoms with Crippen LogP contribution in [0.5, 0.6) is 0 Å². The maximum atomic E-state index is 8.51. The second kappa shape index (κ2) is 2.43. The first kappa shape index (κ1) is 6.67. The van der Waals surface area contributed by atoms with Crippen molar-refractivity contribution in [2.45, 2.75) is 6.92 Å². The summed E-state index contributed by atoms with van der Waals surface area (Å²) < 4.78 is 4.56. The summed E-state index contributed by atoms with van der Waals surface area (Å²) in [7, 11) is 0. The van der Waals surface area contributed by atoms with Crippen molar-refractivity contribution >= 4 is 11.5 Å². The third-order valence-corrected chi connectivity index (χ3v) is 1.13. The fraction of sp³-hybridized carbons (Fsp3) is 0.167. The van der Waals surface area contributed by atoms with Gasteiger partial charge in [0.1, 0.15) is 5.69 Å². The van der Waals surface area contributed by atoms with Crippen molar-refractivity contribution in [3.05, 3.63) is 18.0 Å². The van der Waals surface area contributed by atoms with Gasteiger partial charge in [-0.25, -0.2) is 0 Å². The van der Waals surface area contributed by atoms with Crippen LogP contribution in [0.2, 0.25) is 0 Å². The van der Waals surface area contributed by atoms with Crippen LogP contribution in [0.3, 0.4) is 0 Å². The molecule has 0 aliphatic rings. The highest BCUT2D eigenvalue weighted by Gasteiger charge is 2.01. The Bertz CT molecular complexity index is 252. The van der Waals surface area contributed by atoms with E-state index in [0.717, 1.165) is 6.26 Å². The van der Waals surface area contributed by atoms with Gasteiger partial charge in [0.2, 0.25) is 5.88 Å². The van der Waals surface area contributed by atoms with Crippen molar-refractivity contribution in [2.24, 2.45) is 0 Å². The Kier molecular flexibility index (Phi) is 1.62. The Balaban J connectivity index is 2.95. The first-order chi connectivity index (χ1) is 4.74. The molecule has 0 atom stereocenters. The molecule has 0 spiro atoms. The summed E-state index contributed by atoms with van der Waals surface area (Å²) in [5.41, 5.74) is 6.41. The van der Waals surface area contributed by atoms with Crippen LogP contribution >= 0.6 is 0 Å². The molecular formula is C6H8N2O2. The van der Waals surface area contributed by atoms with Crippen LogP contribution in [-0.2, 0) is 0 Å². The molecule has 1 aromatic heterocycles. The molecule has 54 valence electrons. The normalized spacial score (nSPS) is 11.9. The highest BCUT2D eigenvalue weighted by Crippen LogP contribution is 2.13. The molecule has 0 aromatic carbocycles. The average Bonchev–Trinajstić information content (AvgIpc) is 2.34. The van der Waals surface area contributed by atoms with E-state index >= 15 is 0 Å². The number of allylic oxidation sites excluding steroid dienone is 1. The minimum absolute atomic E-state index is 0.246. The van der Waals surface area contributed by atoms with Gasteiger partial charge in [-0.05, 0) is 6.92 Å². The Morgan fingerprint density at radius 1 is 1.90 bits per heavy atom. The smallest absolute Gasteiger partial charge is 0.222 e. The topological polar surface area (TPSA) is 72.3 Å². The molecule has 1 rings (SSSR count). The lowest BCUT2D eigenvalue weighted by molar-refractivity contribution is 0.432. The van der Waals surface area contributed by atoms with E-state index in [1.807, 2.05) is 0 Å². The monoisotopic (exact) mass is 140 g/mol. The van der Waals surface area contributed by atoms with E-state index in [0.29, 0.717) is 11.3 Å². The number of rotatable bonds is 1. The predicted molar refractivity (Wildman–Crippen MR) is 37.2 cm³/mol. The Labute approximate surface area is 57.9 Å². The molecule has 0 aliphatic heterocycles. The Morgan fingerprint density at radius 2 is 2.60 bits per heavy atom. The summed E-state index contributed by atoms with van der Waals surface area (Å²) >= 11 is 0. The third-order valence-electron chi connectivity index (χ3n) is 1.13. The van der Waals surface area contributed by atoms with Crippen LogP contribution in [0.15, 0.2) is 16.9 Å². The molecule has 0 amide bonds. The lowest BCUT2D eigenvalue weighted by atomic mass is 10.2. The molecule has 0 unspecified atom stereocenters. The number of nitrogen functional groups attached to an aromatic ring is 1. The van der Waals surface area contributed by atoms with Gasteiger partial charge in [0.05, 0.1) is 6.26 Å². The molecule has 0 fully saturated rings. The molecule has 0 bridgehead atoms. The number of aromatic nitrogens is 1. The molecule has 10 heavy (non-hydrogen) atoms. The quantitative estimate of drug-likeness (QED) is 0.574. The molecule has 3 N–H and O–H groups in total. The zero-order valence-corrected chi connectivity index (χ0v) is 5.53. The van der Waals surface area contributed by atoms with E-state index in [1.54, 1.807) is 13.0 Å². The molecule has 0 radical (unpaired) electrons. The highest BCUT2D eigenvalue weighted by atomic mass is 16.5. The zero-order chi connectivity index (χ0) is 7.56. The molecule has 1 aromatic rings. The number of nitrogens with two attached hydrogens (primary N) is 1. The van der Waals surface area contributed by atoms with Crippen molar-refractivity contribution in [3.8, 4) is 0 Å². The Morgan fingerprint density at radius 3 is 3.00 bits per heavy atom. The number of nitrogens with zero attached hydrogens (tertiary/aromatic N) is 1. The van der Waals surface area contributed by atoms with Crippen LogP contribution in [-0.4, -0.2) is 10.3 Å². The van der Waals surface area contributed by atoms with Crippen molar-refractivity contribution in [3.63, 3.8) is 0 Å². The largest absolute Gasteiger partial charge is 0.515 e. The number of aliphatic hydroxyl groups is 1. The predicted octanol–water partition coefficient (Wildman–Crippen LogP) is 1.18. The van der Waals surface area contributed by atoms with Gasteiger partial charge in [-0.2, -0.15) is 0 Å². The lowest BCUT2D eigenvalue weighted by Gasteiger charge is -1.86. The average molecular weight is 140 g/mol. The van der Waals surface area contributed by atoms with Gasteiger partial charge in [0.25, 0.3) is 0 Å². The maximum absolute atomic E-state index is 8.51. The minimum atomic E-state index is 0.246. The van der Waals surface area contributed by atoms with Crippen LogP contribution in [0.4, 0.5) is 5.88 Å². The Hall–Kier alpha value is -1.45. The van der Waals surface area contributed by atoms with E-state index < -0.39 is 0 Å². The van der Waals surface area contributed by atoms with Crippen LogP contribution in [0.1, 0.15) is 12.6 Å². The van der Waals surface area contributed by atoms with Gasteiger partial charge < -0.3 is 15.4 Å². The summed E-state index contributed by atoms with van der Waals surface area (Å²) in [4.78, 5) is 0. The highest BCUT2D eigenvalue weighted by molar-refractivity contribution is 5.60. The minimum Gasteiger partial charge on any atom is -0.515 e. The molecule has 0 saturated carbocycles. The molecule has 0 saturated heterocycles. The van der Waals surface area contributed by atoms with Gasteiger partial charge in [0, 0.05) is 11.6 Å². The van der Waals surface area contributed by atoms with E-state index in [-0.39, 0.29) is 5.88 Å². The van der Waals surface area contributed by atoms with Gasteiger partial charge in [-0.1, -0.05) is 5.16 Å². The molecule has 0 aliphatic carbocycles. The van der Waals surface area contributed by atoms with Gasteiger partial charge in [-0.3, -0.25) is 0 Å². The standard InChI is InChI=1S/C6H8N2O2/c1-4(3-9)5-2-6(7)10-8-5/h2-3,9H,7H2,1H3/b4-3+. The van der Waals surface area contributed by atoms with E-state index in [2.05, 4.69) is 9.68 Å². The second-order valence-corrected chi connectivity index (χ2v) is 1.93. The number of anilines is 1. The number of hydrogen-bond donors (Lipinski definition) is 2. The summed E-state index contributed by atoms with van der Waals surface area (Å²) in [5.74, 6) is 0.246. The van der Waals surface area contributed by atoms with Crippen molar-refractivity contribution < 1.29 is 9.63 Å². The summed E-state index contributed by atoms with van der Waals surface area (Å²) in [6, 6.07) is 1.54. The summed E-state index contributed by atoms with van der Waals surface area (Å²) in [6.45, 7) is 1.71. The first-order valence-corrected chi connectivity index (χ1v) is 2.77. The fourth-order valence-electron chi connectivity index (χ4n) is 0.541. The zero-order valence-electron chi connectivity index (χ0n) is 5.53. The van der Waals surface area contributed by atoms with Crippen LogP contribution in [0.25, 0.3) is 5.57 Å². The van der Waals surface area contributed by atoms with Crippen LogP contribution in [0, 0.1) is 0 Å². The fourth-order valence-corrected chi connectivity index (χ4v) is 0.541. The van der Waals surface area contributed by atoms with Crippen LogP contribution < -0.4 is 5.73 Å². The number of hydrogen-bond acceptors (Lipinski definition) is 4. The number of aliphatic hydroxyl groups excluding tert-OH is 1. The van der Waals surface area contributed by atoms with E-state index in [1.165, 1.54) is 0 Å². The van der Waals surface area contributed by atoms with Gasteiger partial charge >= 0.3 is 0 Å². The van der Waals surface area contributed by atoms with Crippen molar-refractivity contribution in [2.75, 3.05) is 5.73 Å². The second-order valence-electron chi connectivity index (χ2n) is 1.93. The molecule has 4 heteroatoms. The summed E-state index contributed by atoms with van der Waals surface area (Å²) in [5, 5.41) is 12.1. The van der Waals surface area contributed by atoms with Gasteiger partial charge in [-0.15, -0.1) is 0 Å². The molecule has 1 heterocycles. The summed E-state index contributed by atoms with van der Waals surface area (Å²) in [6.07, 6.45) is 0.956. The van der Waals surface area contributed by atoms with Gasteiger partial charge in [0.15, 0.2) is 0 Å². The molecular weight excluding hydrogens is 132 g/mol. The third kappa shape index (κ3) is 1.10. The van der Waals surface area contributed by atoms with Crippen molar-refractivity contribution in [1.82, 2.24) is 5.16 Å². The van der Waals surface area contributed by atoms with Crippen molar-refractivity contribution in [1.29, 1.82) is 0 Å². The van der Waals surface area contributed by atoms with E-state index in [4.69, 9.17) is 10.8 Å². The lowest BCUT2D eigenvalue weighted by Crippen LogP contribution is -1.78. The maximum Gasteiger partial charge on any atom is 0.222 e. The molecule has 4 nitrogen and oxygen atoms in total. The SMILES string of the molecule is C/C(=C\O)c1cc(N)on1. The van der Waals surface area contributed by atoms with E-state index in [9.17, 15) is 0 Å². The first-order valence-electron chi connectivity index (χ1n) is 2.77.